The van der Waals surface area contributed by atoms with Gasteiger partial charge in [0.25, 0.3) is 0 Å². The second kappa shape index (κ2) is 8.80. The van der Waals surface area contributed by atoms with Crippen LogP contribution in [-0.2, 0) is 0 Å². The minimum Gasteiger partial charge on any atom is -0.396 e. The average molecular weight is 304 g/mol. The molecule has 108 valence electrons. The first-order chi connectivity index (χ1) is 9.08. The van der Waals surface area contributed by atoms with Crippen LogP contribution in [0, 0.1) is 5.92 Å². The molecule has 0 aliphatic heterocycles. The van der Waals surface area contributed by atoms with E-state index in [4.69, 9.17) is 28.3 Å². The van der Waals surface area contributed by atoms with Crippen LogP contribution in [0.2, 0.25) is 10.0 Å². The molecule has 4 heteroatoms. The molecule has 2 N–H and O–H groups in total. The van der Waals surface area contributed by atoms with Crippen LogP contribution in [0.1, 0.15) is 44.7 Å². The van der Waals surface area contributed by atoms with Gasteiger partial charge in [-0.25, -0.2) is 0 Å². The maximum absolute atomic E-state index is 9.06. The Hall–Kier alpha value is -0.280. The Kier molecular flexibility index (Phi) is 7.77. The molecule has 0 bridgehead atoms. The Labute approximate surface area is 126 Å². The smallest absolute Gasteiger partial charge is 0.0454 e. The van der Waals surface area contributed by atoms with Crippen LogP contribution in [0.5, 0.6) is 0 Å². The fraction of sp³-hybridized carbons (Fsp3) is 0.600. The third-order valence-electron chi connectivity index (χ3n) is 3.37. The molecule has 0 fully saturated rings. The van der Waals surface area contributed by atoms with Gasteiger partial charge in [-0.15, -0.1) is 0 Å². The number of halogens is 2. The highest BCUT2D eigenvalue weighted by Crippen LogP contribution is 2.26. The number of benzene rings is 1. The van der Waals surface area contributed by atoms with E-state index in [1.165, 1.54) is 0 Å². The number of aliphatic hydroxyl groups is 1. The van der Waals surface area contributed by atoms with Crippen LogP contribution in [0.15, 0.2) is 18.2 Å². The second-order valence-corrected chi connectivity index (χ2v) is 5.81. The molecule has 1 aromatic carbocycles. The minimum absolute atomic E-state index is 0.157. The van der Waals surface area contributed by atoms with Gasteiger partial charge in [-0.2, -0.15) is 0 Å². The molecule has 0 aliphatic rings. The topological polar surface area (TPSA) is 32.3 Å². The number of rotatable bonds is 8. The summed E-state index contributed by atoms with van der Waals surface area (Å²) in [5.74, 6) is 0.510. The van der Waals surface area contributed by atoms with Gasteiger partial charge in [0.1, 0.15) is 0 Å². The molecular weight excluding hydrogens is 281 g/mol. The third kappa shape index (κ3) is 5.70. The maximum atomic E-state index is 9.06. The van der Waals surface area contributed by atoms with E-state index >= 15 is 0 Å². The van der Waals surface area contributed by atoms with Crippen molar-refractivity contribution in [2.24, 2.45) is 5.92 Å². The summed E-state index contributed by atoms with van der Waals surface area (Å²) in [7, 11) is 0. The molecule has 0 amide bonds. The number of hydrogen-bond acceptors (Lipinski definition) is 2. The van der Waals surface area contributed by atoms with E-state index in [2.05, 4.69) is 19.2 Å². The van der Waals surface area contributed by atoms with Gasteiger partial charge in [0, 0.05) is 22.7 Å². The van der Waals surface area contributed by atoms with Gasteiger partial charge < -0.3 is 10.4 Å². The Morgan fingerprint density at radius 1 is 1.26 bits per heavy atom. The zero-order valence-corrected chi connectivity index (χ0v) is 13.1. The van der Waals surface area contributed by atoms with Gasteiger partial charge in [-0.1, -0.05) is 36.5 Å². The van der Waals surface area contributed by atoms with Crippen molar-refractivity contribution in [2.45, 2.75) is 39.2 Å². The summed E-state index contributed by atoms with van der Waals surface area (Å²) >= 11 is 12.2. The molecule has 0 heterocycles. The van der Waals surface area contributed by atoms with Crippen molar-refractivity contribution in [3.05, 3.63) is 33.8 Å². The van der Waals surface area contributed by atoms with E-state index in [0.29, 0.717) is 10.9 Å². The number of hydrogen-bond donors (Lipinski definition) is 2. The third-order valence-corrected chi connectivity index (χ3v) is 3.95. The second-order valence-electron chi connectivity index (χ2n) is 4.96. The van der Waals surface area contributed by atoms with Gasteiger partial charge in [-0.3, -0.25) is 0 Å². The van der Waals surface area contributed by atoms with E-state index in [9.17, 15) is 0 Å². The monoisotopic (exact) mass is 303 g/mol. The van der Waals surface area contributed by atoms with Gasteiger partial charge >= 0.3 is 0 Å². The van der Waals surface area contributed by atoms with Crippen LogP contribution < -0.4 is 5.32 Å². The predicted octanol–water partition coefficient (Wildman–Crippen LogP) is 4.44. The van der Waals surface area contributed by atoms with Crippen LogP contribution in [0.25, 0.3) is 0 Å². The van der Waals surface area contributed by atoms with Gasteiger partial charge in [0.05, 0.1) is 0 Å². The molecule has 1 rings (SSSR count). The Morgan fingerprint density at radius 3 is 2.63 bits per heavy atom. The van der Waals surface area contributed by atoms with Crippen molar-refractivity contribution in [3.8, 4) is 0 Å². The molecule has 0 saturated heterocycles. The maximum Gasteiger partial charge on any atom is 0.0454 e. The largest absolute Gasteiger partial charge is 0.396 e. The molecule has 0 radical (unpaired) electrons. The molecule has 0 saturated carbocycles. The lowest BCUT2D eigenvalue weighted by atomic mass is 9.99. The molecule has 19 heavy (non-hydrogen) atoms. The summed E-state index contributed by atoms with van der Waals surface area (Å²) in [6, 6.07) is 5.69. The quantitative estimate of drug-likeness (QED) is 0.744. The van der Waals surface area contributed by atoms with Gasteiger partial charge in [0.15, 0.2) is 0 Å². The molecule has 0 spiro atoms. The summed E-state index contributed by atoms with van der Waals surface area (Å²) in [5, 5.41) is 14.0. The SMILES string of the molecule is CCCC(CCO)CNC(C)c1cc(Cl)ccc1Cl. The van der Waals surface area contributed by atoms with E-state index in [0.717, 1.165) is 36.4 Å². The van der Waals surface area contributed by atoms with Crippen molar-refractivity contribution < 1.29 is 5.11 Å². The lowest BCUT2D eigenvalue weighted by Gasteiger charge is -2.21. The van der Waals surface area contributed by atoms with E-state index < -0.39 is 0 Å². The van der Waals surface area contributed by atoms with E-state index in [-0.39, 0.29) is 12.6 Å². The van der Waals surface area contributed by atoms with Crippen molar-refractivity contribution in [3.63, 3.8) is 0 Å². The fourth-order valence-corrected chi connectivity index (χ4v) is 2.70. The van der Waals surface area contributed by atoms with Crippen molar-refractivity contribution in [2.75, 3.05) is 13.2 Å². The summed E-state index contributed by atoms with van der Waals surface area (Å²) in [4.78, 5) is 0. The Balaban J connectivity index is 2.58. The highest BCUT2D eigenvalue weighted by molar-refractivity contribution is 6.33. The van der Waals surface area contributed by atoms with Crippen molar-refractivity contribution in [1.82, 2.24) is 5.32 Å². The zero-order valence-electron chi connectivity index (χ0n) is 11.6. The lowest BCUT2D eigenvalue weighted by Crippen LogP contribution is -2.26. The predicted molar refractivity (Wildman–Crippen MR) is 83.0 cm³/mol. The molecule has 2 unspecified atom stereocenters. The summed E-state index contributed by atoms with van der Waals surface area (Å²) in [6.45, 7) is 5.39. The first-order valence-electron chi connectivity index (χ1n) is 6.87. The first-order valence-corrected chi connectivity index (χ1v) is 7.63. The summed E-state index contributed by atoms with van der Waals surface area (Å²) < 4.78 is 0. The van der Waals surface area contributed by atoms with Crippen LogP contribution >= 0.6 is 23.2 Å². The first kappa shape index (κ1) is 16.8. The fourth-order valence-electron chi connectivity index (χ4n) is 2.24. The summed E-state index contributed by atoms with van der Waals surface area (Å²) in [5.41, 5.74) is 1.02. The normalized spacial score (nSPS) is 14.4. The molecule has 1 aromatic rings. The van der Waals surface area contributed by atoms with Crippen LogP contribution in [-0.4, -0.2) is 18.3 Å². The zero-order chi connectivity index (χ0) is 14.3. The number of nitrogens with one attached hydrogen (secondary N) is 1. The standard InChI is InChI=1S/C15H23Cl2NO/c1-3-4-12(7-8-19)10-18-11(2)14-9-13(16)5-6-15(14)17/h5-6,9,11-12,18-19H,3-4,7-8,10H2,1-2H3. The van der Waals surface area contributed by atoms with Crippen molar-refractivity contribution >= 4 is 23.2 Å². The summed E-state index contributed by atoms with van der Waals surface area (Å²) in [6.07, 6.45) is 3.11. The van der Waals surface area contributed by atoms with Crippen LogP contribution in [0.3, 0.4) is 0 Å². The highest BCUT2D eigenvalue weighted by atomic mass is 35.5. The Bertz CT molecular complexity index is 378. The van der Waals surface area contributed by atoms with Crippen molar-refractivity contribution in [1.29, 1.82) is 0 Å². The molecular formula is C15H23Cl2NO. The molecule has 2 nitrogen and oxygen atoms in total. The average Bonchev–Trinajstić information content (AvgIpc) is 2.39. The minimum atomic E-state index is 0.157. The van der Waals surface area contributed by atoms with Crippen LogP contribution in [0.4, 0.5) is 0 Å². The lowest BCUT2D eigenvalue weighted by molar-refractivity contribution is 0.246. The molecule has 0 aromatic heterocycles. The van der Waals surface area contributed by atoms with Gasteiger partial charge in [-0.05, 0) is 56.0 Å². The molecule has 2 atom stereocenters. The highest BCUT2D eigenvalue weighted by Gasteiger charge is 2.13. The van der Waals surface area contributed by atoms with E-state index in [1.54, 1.807) is 6.07 Å². The number of aliphatic hydroxyl groups excluding tert-OH is 1. The van der Waals surface area contributed by atoms with E-state index in [1.807, 2.05) is 12.1 Å². The molecule has 0 aliphatic carbocycles. The Morgan fingerprint density at radius 2 is 2.00 bits per heavy atom. The van der Waals surface area contributed by atoms with Gasteiger partial charge in [0.2, 0.25) is 0 Å².